The van der Waals surface area contributed by atoms with Crippen LogP contribution in [-0.2, 0) is 9.53 Å². The third-order valence-corrected chi connectivity index (χ3v) is 3.39. The molecule has 0 radical (unpaired) electrons. The maximum Gasteiger partial charge on any atom is 0.306 e. The molecule has 21 heavy (non-hydrogen) atoms. The van der Waals surface area contributed by atoms with E-state index < -0.39 is 12.1 Å². The van der Waals surface area contributed by atoms with Crippen LogP contribution in [0, 0.1) is 0 Å². The van der Waals surface area contributed by atoms with E-state index in [9.17, 15) is 9.59 Å². The number of carboxylic acid groups (broad SMARTS) is 1. The topological polar surface area (TPSA) is 108 Å². The number of hydrogen-bond acceptors (Lipinski definition) is 5. The largest absolute Gasteiger partial charge is 0.481 e. The van der Waals surface area contributed by atoms with E-state index in [1.165, 1.54) is 0 Å². The van der Waals surface area contributed by atoms with Gasteiger partial charge in [0.15, 0.2) is 0 Å². The molecule has 1 atom stereocenters. The van der Waals surface area contributed by atoms with Gasteiger partial charge in [0, 0.05) is 18.7 Å². The van der Waals surface area contributed by atoms with Gasteiger partial charge >= 0.3 is 5.97 Å². The number of aromatic amines is 1. The number of fused-ring (bicyclic) bond motifs is 1. The number of rotatable bonds is 3. The number of ether oxygens (including phenoxy) is 1. The van der Waals surface area contributed by atoms with Crippen LogP contribution in [0.25, 0.3) is 11.0 Å². The molecule has 2 heterocycles. The number of carbonyl (C=O) groups excluding carboxylic acids is 1. The van der Waals surface area contributed by atoms with Crippen LogP contribution in [0.15, 0.2) is 18.2 Å². The quantitative estimate of drug-likeness (QED) is 0.840. The van der Waals surface area contributed by atoms with E-state index in [1.807, 2.05) is 0 Å². The molecule has 1 saturated heterocycles. The lowest BCUT2D eigenvalue weighted by atomic mass is 10.1. The minimum absolute atomic E-state index is 0.105. The second-order valence-electron chi connectivity index (χ2n) is 4.87. The summed E-state index contributed by atoms with van der Waals surface area (Å²) in [6, 6.07) is 5.08. The zero-order valence-electron chi connectivity index (χ0n) is 11.2. The monoisotopic (exact) mass is 290 g/mol. The average molecular weight is 290 g/mol. The smallest absolute Gasteiger partial charge is 0.306 e. The first-order valence-corrected chi connectivity index (χ1v) is 6.56. The third kappa shape index (κ3) is 2.84. The molecule has 0 aliphatic carbocycles. The van der Waals surface area contributed by atoms with Gasteiger partial charge in [-0.1, -0.05) is 0 Å². The molecule has 1 aromatic carbocycles. The van der Waals surface area contributed by atoms with E-state index >= 15 is 0 Å². The Morgan fingerprint density at radius 3 is 3.00 bits per heavy atom. The van der Waals surface area contributed by atoms with Crippen LogP contribution in [-0.4, -0.2) is 63.1 Å². The van der Waals surface area contributed by atoms with Crippen molar-refractivity contribution in [1.82, 2.24) is 20.3 Å². The number of H-pyrrole nitrogens is 1. The van der Waals surface area contributed by atoms with Gasteiger partial charge in [-0.05, 0) is 18.2 Å². The zero-order chi connectivity index (χ0) is 14.8. The number of carbonyl (C=O) groups is 2. The highest BCUT2D eigenvalue weighted by Crippen LogP contribution is 2.16. The van der Waals surface area contributed by atoms with Gasteiger partial charge < -0.3 is 14.7 Å². The number of carboxylic acids is 1. The summed E-state index contributed by atoms with van der Waals surface area (Å²) in [5.41, 5.74) is 1.82. The minimum atomic E-state index is -0.932. The van der Waals surface area contributed by atoms with Gasteiger partial charge in [-0.15, -0.1) is 0 Å². The molecule has 1 aliphatic rings. The van der Waals surface area contributed by atoms with Crippen LogP contribution < -0.4 is 0 Å². The summed E-state index contributed by atoms with van der Waals surface area (Å²) >= 11 is 0. The fourth-order valence-corrected chi connectivity index (χ4v) is 2.38. The fraction of sp³-hybridized carbons (Fsp3) is 0.385. The number of hydrogen-bond donors (Lipinski definition) is 2. The Balaban J connectivity index is 1.75. The summed E-state index contributed by atoms with van der Waals surface area (Å²) in [5, 5.41) is 19.2. The Morgan fingerprint density at radius 1 is 1.38 bits per heavy atom. The van der Waals surface area contributed by atoms with E-state index in [1.54, 1.807) is 23.1 Å². The van der Waals surface area contributed by atoms with Crippen molar-refractivity contribution in [1.29, 1.82) is 0 Å². The number of amides is 1. The first-order chi connectivity index (χ1) is 10.1. The number of nitrogens with zero attached hydrogens (tertiary/aromatic N) is 3. The van der Waals surface area contributed by atoms with Crippen molar-refractivity contribution >= 4 is 22.9 Å². The van der Waals surface area contributed by atoms with Crippen LogP contribution in [0.4, 0.5) is 0 Å². The Morgan fingerprint density at radius 2 is 2.19 bits per heavy atom. The van der Waals surface area contributed by atoms with Crippen LogP contribution in [0.1, 0.15) is 16.8 Å². The lowest BCUT2D eigenvalue weighted by Gasteiger charge is -2.32. The summed E-state index contributed by atoms with van der Waals surface area (Å²) in [5.74, 6) is -1.09. The standard InChI is InChI=1S/C13H14N4O4/c18-12(19)6-9-7-17(3-4-21-9)13(20)8-1-2-10-11(5-8)15-16-14-10/h1-2,5,9H,3-4,6-7H2,(H,18,19)(H,14,15,16). The maximum atomic E-state index is 12.5. The van der Waals surface area contributed by atoms with E-state index in [-0.39, 0.29) is 18.9 Å². The van der Waals surface area contributed by atoms with Gasteiger partial charge in [0.25, 0.3) is 5.91 Å². The highest BCUT2D eigenvalue weighted by molar-refractivity contribution is 5.97. The number of aliphatic carboxylic acids is 1. The molecule has 1 aromatic heterocycles. The van der Waals surface area contributed by atoms with Crippen LogP contribution in [0.3, 0.4) is 0 Å². The van der Waals surface area contributed by atoms with Crippen molar-refractivity contribution in [2.24, 2.45) is 0 Å². The first kappa shape index (κ1) is 13.5. The molecule has 1 unspecified atom stereocenters. The Hall–Kier alpha value is -2.48. The third-order valence-electron chi connectivity index (χ3n) is 3.39. The SMILES string of the molecule is O=C(O)CC1CN(C(=O)c2ccc3n[nH]nc3c2)CCO1. The molecule has 1 aliphatic heterocycles. The predicted molar refractivity (Wildman–Crippen MR) is 71.8 cm³/mol. The van der Waals surface area contributed by atoms with Crippen LogP contribution in [0.5, 0.6) is 0 Å². The molecule has 8 heteroatoms. The van der Waals surface area contributed by atoms with Crippen molar-refractivity contribution in [2.75, 3.05) is 19.7 Å². The van der Waals surface area contributed by atoms with E-state index in [2.05, 4.69) is 15.4 Å². The van der Waals surface area contributed by atoms with Gasteiger partial charge in [-0.2, -0.15) is 15.4 Å². The molecule has 1 fully saturated rings. The van der Waals surface area contributed by atoms with Gasteiger partial charge in [0.1, 0.15) is 11.0 Å². The lowest BCUT2D eigenvalue weighted by Crippen LogP contribution is -2.46. The molecule has 1 amide bonds. The molecule has 2 aromatic rings. The van der Waals surface area contributed by atoms with Crippen molar-refractivity contribution < 1.29 is 19.4 Å². The summed E-state index contributed by atoms with van der Waals surface area (Å²) in [7, 11) is 0. The Kier molecular flexibility index (Phi) is 3.53. The van der Waals surface area contributed by atoms with E-state index in [0.717, 1.165) is 0 Å². The summed E-state index contributed by atoms with van der Waals surface area (Å²) in [6.07, 6.45) is -0.567. The Labute approximate surface area is 119 Å². The predicted octanol–water partition coefficient (Wildman–Crippen LogP) is 0.274. The van der Waals surface area contributed by atoms with Crippen molar-refractivity contribution in [2.45, 2.75) is 12.5 Å². The molecular weight excluding hydrogens is 276 g/mol. The Bertz CT molecular complexity index is 684. The van der Waals surface area contributed by atoms with Crippen molar-refractivity contribution in [3.63, 3.8) is 0 Å². The van der Waals surface area contributed by atoms with Crippen LogP contribution >= 0.6 is 0 Å². The molecule has 110 valence electrons. The first-order valence-electron chi connectivity index (χ1n) is 6.56. The molecule has 8 nitrogen and oxygen atoms in total. The molecule has 0 bridgehead atoms. The average Bonchev–Trinajstić information content (AvgIpc) is 2.93. The second-order valence-corrected chi connectivity index (χ2v) is 4.87. The zero-order valence-corrected chi connectivity index (χ0v) is 11.2. The molecular formula is C13H14N4O4. The minimum Gasteiger partial charge on any atom is -0.481 e. The molecule has 0 saturated carbocycles. The number of aromatic nitrogens is 3. The number of morpholine rings is 1. The van der Waals surface area contributed by atoms with Crippen molar-refractivity contribution in [3.05, 3.63) is 23.8 Å². The second kappa shape index (κ2) is 5.49. The number of nitrogens with one attached hydrogen (secondary N) is 1. The summed E-state index contributed by atoms with van der Waals surface area (Å²) < 4.78 is 5.36. The fourth-order valence-electron chi connectivity index (χ4n) is 2.38. The highest BCUT2D eigenvalue weighted by Gasteiger charge is 2.26. The highest BCUT2D eigenvalue weighted by atomic mass is 16.5. The van der Waals surface area contributed by atoms with Gasteiger partial charge in [-0.25, -0.2) is 0 Å². The van der Waals surface area contributed by atoms with E-state index in [4.69, 9.17) is 9.84 Å². The van der Waals surface area contributed by atoms with Gasteiger partial charge in [0.2, 0.25) is 0 Å². The molecule has 0 spiro atoms. The normalized spacial score (nSPS) is 18.9. The molecule has 2 N–H and O–H groups in total. The van der Waals surface area contributed by atoms with Crippen LogP contribution in [0.2, 0.25) is 0 Å². The van der Waals surface area contributed by atoms with Crippen molar-refractivity contribution in [3.8, 4) is 0 Å². The van der Waals surface area contributed by atoms with Gasteiger partial charge in [0.05, 0.1) is 19.1 Å². The van der Waals surface area contributed by atoms with Gasteiger partial charge in [-0.3, -0.25) is 9.59 Å². The van der Waals surface area contributed by atoms with E-state index in [0.29, 0.717) is 29.7 Å². The number of benzene rings is 1. The maximum absolute atomic E-state index is 12.5. The summed E-state index contributed by atoms with van der Waals surface area (Å²) in [4.78, 5) is 24.8. The molecule has 3 rings (SSSR count). The lowest BCUT2D eigenvalue weighted by molar-refractivity contribution is -0.141. The summed E-state index contributed by atoms with van der Waals surface area (Å²) in [6.45, 7) is 1.07.